The van der Waals surface area contributed by atoms with E-state index >= 15 is 0 Å². The van der Waals surface area contributed by atoms with E-state index in [0.717, 1.165) is 12.8 Å². The first-order valence-electron chi connectivity index (χ1n) is 6.70. The average Bonchev–Trinajstić information content (AvgIpc) is 2.42. The number of nitro benzene ring substituents is 1. The second-order valence-electron chi connectivity index (χ2n) is 5.41. The van der Waals surface area contributed by atoms with Crippen molar-refractivity contribution in [3.05, 3.63) is 32.8 Å². The number of hydrogen-bond donors (Lipinski definition) is 1. The largest absolute Gasteiger partial charge is 0.483 e. The second-order valence-corrected chi connectivity index (χ2v) is 6.33. The van der Waals surface area contributed by atoms with Crippen molar-refractivity contribution in [2.24, 2.45) is 5.41 Å². The normalized spacial score (nSPS) is 28.8. The van der Waals surface area contributed by atoms with E-state index in [9.17, 15) is 10.1 Å². The summed E-state index contributed by atoms with van der Waals surface area (Å²) < 4.78 is 6.61. The number of nitro groups is 1. The van der Waals surface area contributed by atoms with Crippen molar-refractivity contribution >= 4 is 21.6 Å². The van der Waals surface area contributed by atoms with Gasteiger partial charge in [0.25, 0.3) is 0 Å². The van der Waals surface area contributed by atoms with Gasteiger partial charge in [-0.1, -0.05) is 29.8 Å². The van der Waals surface area contributed by atoms with Crippen LogP contribution in [0.15, 0.2) is 22.7 Å². The van der Waals surface area contributed by atoms with Crippen molar-refractivity contribution in [3.8, 4) is 5.75 Å². The number of nitrogens with zero attached hydrogens (tertiary/aromatic N) is 1. The van der Waals surface area contributed by atoms with Crippen LogP contribution < -0.4 is 10.1 Å². The van der Waals surface area contributed by atoms with Gasteiger partial charge in [0.05, 0.1) is 4.92 Å². The summed E-state index contributed by atoms with van der Waals surface area (Å²) in [5.74, 6) is 0.345. The maximum atomic E-state index is 11.1. The maximum absolute atomic E-state index is 11.1. The third kappa shape index (κ3) is 2.54. The molecule has 5 nitrogen and oxygen atoms in total. The van der Waals surface area contributed by atoms with E-state index in [-0.39, 0.29) is 17.2 Å². The Morgan fingerprint density at radius 1 is 1.60 bits per heavy atom. The van der Waals surface area contributed by atoms with Gasteiger partial charge in [-0.05, 0) is 25.6 Å². The van der Waals surface area contributed by atoms with Gasteiger partial charge in [0.2, 0.25) is 0 Å². The number of hydrogen-bond acceptors (Lipinski definition) is 4. The van der Waals surface area contributed by atoms with E-state index in [1.165, 1.54) is 6.07 Å². The summed E-state index contributed by atoms with van der Waals surface area (Å²) in [4.78, 5) is 10.7. The lowest BCUT2D eigenvalue weighted by Gasteiger charge is -2.53. The summed E-state index contributed by atoms with van der Waals surface area (Å²) >= 11 is 3.25. The molecule has 1 saturated carbocycles. The minimum Gasteiger partial charge on any atom is -0.483 e. The lowest BCUT2D eigenvalue weighted by molar-refractivity contribution is -0.386. The van der Waals surface area contributed by atoms with Crippen LogP contribution >= 0.6 is 15.9 Å². The number of nitrogens with one attached hydrogen (secondary N) is 1. The minimum atomic E-state index is -0.405. The molecule has 0 heterocycles. The van der Waals surface area contributed by atoms with E-state index in [0.29, 0.717) is 16.3 Å². The van der Waals surface area contributed by atoms with Crippen LogP contribution in [0, 0.1) is 15.5 Å². The van der Waals surface area contributed by atoms with Gasteiger partial charge < -0.3 is 10.1 Å². The second kappa shape index (κ2) is 5.69. The highest BCUT2D eigenvalue weighted by atomic mass is 79.9. The van der Waals surface area contributed by atoms with Gasteiger partial charge in [-0.3, -0.25) is 10.1 Å². The third-order valence-corrected chi connectivity index (χ3v) is 4.97. The standard InChI is InChI=1S/C14H19BrN2O3/c1-4-14(2)12(16-3)8-13(14)20-11-6-5-9(15)7-10(11)17(18)19/h5-7,12-13,16H,4,8H2,1-3H3. The molecule has 1 aliphatic rings. The molecule has 110 valence electrons. The van der Waals surface area contributed by atoms with Crippen LogP contribution in [0.25, 0.3) is 0 Å². The summed E-state index contributed by atoms with van der Waals surface area (Å²) in [6, 6.07) is 5.30. The SMILES string of the molecule is CCC1(C)C(NC)CC1Oc1ccc(Br)cc1[N+](=O)[O-]. The van der Waals surface area contributed by atoms with Crippen molar-refractivity contribution in [1.82, 2.24) is 5.32 Å². The molecular weight excluding hydrogens is 324 g/mol. The molecule has 0 saturated heterocycles. The Morgan fingerprint density at radius 2 is 2.30 bits per heavy atom. The van der Waals surface area contributed by atoms with Gasteiger partial charge in [0.1, 0.15) is 6.10 Å². The van der Waals surface area contributed by atoms with Crippen molar-refractivity contribution in [2.75, 3.05) is 7.05 Å². The van der Waals surface area contributed by atoms with E-state index in [1.54, 1.807) is 12.1 Å². The summed E-state index contributed by atoms with van der Waals surface area (Å²) in [7, 11) is 1.94. The molecule has 0 bridgehead atoms. The quantitative estimate of drug-likeness (QED) is 0.656. The maximum Gasteiger partial charge on any atom is 0.312 e. The van der Waals surface area contributed by atoms with E-state index in [4.69, 9.17) is 4.74 Å². The van der Waals surface area contributed by atoms with Crippen molar-refractivity contribution in [3.63, 3.8) is 0 Å². The van der Waals surface area contributed by atoms with Crippen LogP contribution in [0.4, 0.5) is 5.69 Å². The van der Waals surface area contributed by atoms with Crippen molar-refractivity contribution in [1.29, 1.82) is 0 Å². The topological polar surface area (TPSA) is 64.4 Å². The fourth-order valence-electron chi connectivity index (χ4n) is 2.81. The predicted molar refractivity (Wildman–Crippen MR) is 81.1 cm³/mol. The smallest absolute Gasteiger partial charge is 0.312 e. The first-order chi connectivity index (χ1) is 9.42. The molecule has 1 aliphatic carbocycles. The Bertz CT molecular complexity index is 523. The monoisotopic (exact) mass is 342 g/mol. The lowest BCUT2D eigenvalue weighted by atomic mass is 9.61. The fourth-order valence-corrected chi connectivity index (χ4v) is 3.16. The van der Waals surface area contributed by atoms with Crippen LogP contribution in [-0.2, 0) is 0 Å². The Morgan fingerprint density at radius 3 is 2.85 bits per heavy atom. The van der Waals surface area contributed by atoms with Gasteiger partial charge in [0, 0.05) is 28.4 Å². The van der Waals surface area contributed by atoms with E-state index < -0.39 is 4.92 Å². The first-order valence-corrected chi connectivity index (χ1v) is 7.49. The molecule has 0 radical (unpaired) electrons. The van der Waals surface area contributed by atoms with Crippen molar-refractivity contribution in [2.45, 2.75) is 38.8 Å². The van der Waals surface area contributed by atoms with E-state index in [1.807, 2.05) is 7.05 Å². The van der Waals surface area contributed by atoms with Crippen LogP contribution in [0.1, 0.15) is 26.7 Å². The van der Waals surface area contributed by atoms with Gasteiger partial charge in [-0.25, -0.2) is 0 Å². The molecule has 20 heavy (non-hydrogen) atoms. The van der Waals surface area contributed by atoms with Crippen LogP contribution in [0.2, 0.25) is 0 Å². The molecular formula is C14H19BrN2O3. The van der Waals surface area contributed by atoms with Gasteiger partial charge >= 0.3 is 5.69 Å². The van der Waals surface area contributed by atoms with Crippen LogP contribution in [-0.4, -0.2) is 24.1 Å². The minimum absolute atomic E-state index is 0.00447. The van der Waals surface area contributed by atoms with Crippen molar-refractivity contribution < 1.29 is 9.66 Å². The Balaban J connectivity index is 2.21. The summed E-state index contributed by atoms with van der Waals surface area (Å²) in [6.07, 6.45) is 1.84. The van der Waals surface area contributed by atoms with Gasteiger partial charge in [-0.2, -0.15) is 0 Å². The fraction of sp³-hybridized carbons (Fsp3) is 0.571. The summed E-state index contributed by atoms with van der Waals surface area (Å²) in [5.41, 5.74) is 0.0149. The Hall–Kier alpha value is -1.14. The molecule has 2 rings (SSSR count). The highest BCUT2D eigenvalue weighted by Crippen LogP contribution is 2.47. The zero-order valence-electron chi connectivity index (χ0n) is 11.9. The lowest BCUT2D eigenvalue weighted by Crippen LogP contribution is -2.62. The van der Waals surface area contributed by atoms with Gasteiger partial charge in [0.15, 0.2) is 5.75 Å². The molecule has 0 aromatic heterocycles. The number of rotatable bonds is 5. The molecule has 1 fully saturated rings. The number of halogens is 1. The van der Waals surface area contributed by atoms with Crippen LogP contribution in [0.3, 0.4) is 0 Å². The van der Waals surface area contributed by atoms with Crippen LogP contribution in [0.5, 0.6) is 5.75 Å². The first kappa shape index (κ1) is 15.3. The number of benzene rings is 1. The summed E-state index contributed by atoms with van der Waals surface area (Å²) in [6.45, 7) is 4.28. The molecule has 3 unspecified atom stereocenters. The average molecular weight is 343 g/mol. The van der Waals surface area contributed by atoms with E-state index in [2.05, 4.69) is 35.1 Å². The zero-order valence-corrected chi connectivity index (χ0v) is 13.4. The highest BCUT2D eigenvalue weighted by molar-refractivity contribution is 9.10. The molecule has 3 atom stereocenters. The molecule has 0 spiro atoms. The molecule has 1 aromatic carbocycles. The van der Waals surface area contributed by atoms with Gasteiger partial charge in [-0.15, -0.1) is 0 Å². The highest BCUT2D eigenvalue weighted by Gasteiger charge is 2.51. The predicted octanol–water partition coefficient (Wildman–Crippen LogP) is 3.51. The molecule has 0 aliphatic heterocycles. The zero-order chi connectivity index (χ0) is 14.9. The Kier molecular flexibility index (Phi) is 4.34. The number of ether oxygens (including phenoxy) is 1. The third-order valence-electron chi connectivity index (χ3n) is 4.48. The molecule has 0 amide bonds. The molecule has 6 heteroatoms. The molecule has 1 aromatic rings. The molecule has 1 N–H and O–H groups in total. The Labute approximate surface area is 127 Å². The summed E-state index contributed by atoms with van der Waals surface area (Å²) in [5, 5.41) is 14.4.